The molecule has 2 aliphatic rings. The molecule has 2 fully saturated rings. The predicted molar refractivity (Wildman–Crippen MR) is 99.2 cm³/mol. The molecule has 0 aromatic carbocycles. The van der Waals surface area contributed by atoms with Gasteiger partial charge in [0.2, 0.25) is 15.9 Å². The van der Waals surface area contributed by atoms with E-state index in [1.807, 2.05) is 0 Å². The number of carboxylic acids is 1. The highest BCUT2D eigenvalue weighted by Crippen LogP contribution is 2.27. The summed E-state index contributed by atoms with van der Waals surface area (Å²) in [6.45, 7) is 2.03. The third-order valence-electron chi connectivity index (χ3n) is 5.69. The molecule has 0 unspecified atom stereocenters. The normalized spacial score (nSPS) is 21.3. The molecule has 1 saturated heterocycles. The summed E-state index contributed by atoms with van der Waals surface area (Å²) in [5.41, 5.74) is 0. The van der Waals surface area contributed by atoms with Crippen LogP contribution in [-0.4, -0.2) is 66.0 Å². The van der Waals surface area contributed by atoms with Gasteiger partial charge in [0.25, 0.3) is 0 Å². The Morgan fingerprint density at radius 1 is 1.04 bits per heavy atom. The van der Waals surface area contributed by atoms with Crippen LogP contribution in [0.15, 0.2) is 0 Å². The molecule has 8 heteroatoms. The number of carbonyl (C=O) groups is 2. The number of carbonyl (C=O) groups excluding carboxylic acids is 1. The van der Waals surface area contributed by atoms with Crippen LogP contribution in [0.4, 0.5) is 0 Å². The van der Waals surface area contributed by atoms with Crippen LogP contribution in [0.2, 0.25) is 0 Å². The number of hydrogen-bond donors (Lipinski definition) is 1. The van der Waals surface area contributed by atoms with Crippen LogP contribution in [0.25, 0.3) is 0 Å². The summed E-state index contributed by atoms with van der Waals surface area (Å²) in [6, 6.07) is -0.187. The smallest absolute Gasteiger partial charge is 0.323 e. The highest BCUT2D eigenvalue weighted by Gasteiger charge is 2.33. The maximum absolute atomic E-state index is 12.8. The summed E-state index contributed by atoms with van der Waals surface area (Å²) in [5.74, 6) is -0.683. The first-order chi connectivity index (χ1) is 12.3. The van der Waals surface area contributed by atoms with Crippen molar-refractivity contribution in [3.8, 4) is 0 Å². The van der Waals surface area contributed by atoms with Gasteiger partial charge >= 0.3 is 5.97 Å². The van der Waals surface area contributed by atoms with Gasteiger partial charge in [-0.2, -0.15) is 0 Å². The van der Waals surface area contributed by atoms with Gasteiger partial charge in [-0.25, -0.2) is 12.7 Å². The minimum absolute atomic E-state index is 0.0666. The van der Waals surface area contributed by atoms with E-state index in [1.165, 1.54) is 22.0 Å². The van der Waals surface area contributed by atoms with Gasteiger partial charge in [0.15, 0.2) is 0 Å². The molecule has 0 aromatic rings. The van der Waals surface area contributed by atoms with E-state index < -0.39 is 16.0 Å². The van der Waals surface area contributed by atoms with Gasteiger partial charge in [0.05, 0.1) is 5.75 Å². The van der Waals surface area contributed by atoms with Crippen LogP contribution < -0.4 is 0 Å². The average Bonchev–Trinajstić information content (AvgIpc) is 2.88. The Hall–Kier alpha value is -1.15. The SMILES string of the molecule is CCS(=O)(=O)N1CCC(N(CC(=O)O)C(=O)CC2CCCCCC2)CC1. The van der Waals surface area contributed by atoms with Crippen molar-refractivity contribution in [3.63, 3.8) is 0 Å². The van der Waals surface area contributed by atoms with Gasteiger partial charge < -0.3 is 10.0 Å². The predicted octanol–water partition coefficient (Wildman–Crippen LogP) is 2.07. The molecule has 0 spiro atoms. The van der Waals surface area contributed by atoms with Crippen LogP contribution in [0.1, 0.15) is 64.7 Å². The lowest BCUT2D eigenvalue weighted by molar-refractivity contribution is -0.147. The fourth-order valence-electron chi connectivity index (χ4n) is 4.11. The molecule has 26 heavy (non-hydrogen) atoms. The third-order valence-corrected chi connectivity index (χ3v) is 7.57. The molecule has 0 atom stereocenters. The zero-order valence-corrected chi connectivity index (χ0v) is 16.5. The molecule has 0 bridgehead atoms. The third kappa shape index (κ3) is 5.94. The number of amides is 1. The molecule has 150 valence electrons. The number of carboxylic acid groups (broad SMARTS) is 1. The molecule has 1 N–H and O–H groups in total. The van der Waals surface area contributed by atoms with Crippen LogP contribution >= 0.6 is 0 Å². The molecule has 1 aliphatic carbocycles. The van der Waals surface area contributed by atoms with Gasteiger partial charge in [-0.05, 0) is 38.5 Å². The van der Waals surface area contributed by atoms with Crippen molar-refractivity contribution < 1.29 is 23.1 Å². The summed E-state index contributed by atoms with van der Waals surface area (Å²) in [4.78, 5) is 25.6. The molecule has 7 nitrogen and oxygen atoms in total. The second-order valence-electron chi connectivity index (χ2n) is 7.51. The maximum atomic E-state index is 12.8. The number of piperidine rings is 1. The lowest BCUT2D eigenvalue weighted by atomic mass is 9.95. The second kappa shape index (κ2) is 9.69. The number of sulfonamides is 1. The van der Waals surface area contributed by atoms with Crippen LogP contribution in [0.3, 0.4) is 0 Å². The van der Waals surface area contributed by atoms with E-state index in [0.29, 0.717) is 38.3 Å². The van der Waals surface area contributed by atoms with Crippen molar-refractivity contribution in [1.82, 2.24) is 9.21 Å². The van der Waals surface area contributed by atoms with Gasteiger partial charge in [0, 0.05) is 25.6 Å². The summed E-state index contributed by atoms with van der Waals surface area (Å²) in [7, 11) is -3.23. The highest BCUT2D eigenvalue weighted by atomic mass is 32.2. The standard InChI is InChI=1S/C18H32N2O5S/c1-2-26(24,25)19-11-9-16(10-12-19)20(14-18(22)23)17(21)13-15-7-5-3-4-6-8-15/h15-16H,2-14H2,1H3,(H,22,23). The fourth-order valence-corrected chi connectivity index (χ4v) is 5.25. The molecular formula is C18H32N2O5S. The van der Waals surface area contributed by atoms with E-state index >= 15 is 0 Å². The molecule has 1 saturated carbocycles. The Labute approximate surface area is 156 Å². The minimum atomic E-state index is -3.23. The molecule has 1 aliphatic heterocycles. The first-order valence-corrected chi connectivity index (χ1v) is 11.4. The monoisotopic (exact) mass is 388 g/mol. The fraction of sp³-hybridized carbons (Fsp3) is 0.889. The second-order valence-corrected chi connectivity index (χ2v) is 9.77. The molecule has 0 radical (unpaired) electrons. The van der Waals surface area contributed by atoms with Crippen molar-refractivity contribution in [2.45, 2.75) is 70.8 Å². The van der Waals surface area contributed by atoms with Gasteiger partial charge in [-0.15, -0.1) is 0 Å². The maximum Gasteiger partial charge on any atom is 0.323 e. The minimum Gasteiger partial charge on any atom is -0.480 e. The molecule has 0 aromatic heterocycles. The molecule has 1 heterocycles. The largest absolute Gasteiger partial charge is 0.480 e. The van der Waals surface area contributed by atoms with Crippen LogP contribution in [0.5, 0.6) is 0 Å². The van der Waals surface area contributed by atoms with Gasteiger partial charge in [-0.1, -0.05) is 25.7 Å². The Kier molecular flexibility index (Phi) is 7.88. The Morgan fingerprint density at radius 3 is 2.12 bits per heavy atom. The summed E-state index contributed by atoms with van der Waals surface area (Å²) < 4.78 is 25.4. The number of nitrogens with zero attached hydrogens (tertiary/aromatic N) is 2. The lowest BCUT2D eigenvalue weighted by Gasteiger charge is -2.37. The lowest BCUT2D eigenvalue weighted by Crippen LogP contribution is -2.50. The topological polar surface area (TPSA) is 95.0 Å². The number of rotatable bonds is 7. The van der Waals surface area contributed by atoms with Crippen molar-refractivity contribution in [2.24, 2.45) is 5.92 Å². The van der Waals surface area contributed by atoms with Crippen molar-refractivity contribution in [2.75, 3.05) is 25.4 Å². The first-order valence-electron chi connectivity index (χ1n) is 9.82. The van der Waals surface area contributed by atoms with Crippen LogP contribution in [-0.2, 0) is 19.6 Å². The van der Waals surface area contributed by atoms with E-state index in [9.17, 15) is 23.1 Å². The molecule has 1 amide bonds. The zero-order valence-electron chi connectivity index (χ0n) is 15.7. The average molecular weight is 389 g/mol. The van der Waals surface area contributed by atoms with Crippen molar-refractivity contribution >= 4 is 21.9 Å². The van der Waals surface area contributed by atoms with Crippen molar-refractivity contribution in [3.05, 3.63) is 0 Å². The molecule has 2 rings (SSSR count). The van der Waals surface area contributed by atoms with Crippen molar-refractivity contribution in [1.29, 1.82) is 0 Å². The van der Waals surface area contributed by atoms with Gasteiger partial charge in [-0.3, -0.25) is 9.59 Å². The van der Waals surface area contributed by atoms with Gasteiger partial charge in [0.1, 0.15) is 6.54 Å². The van der Waals surface area contributed by atoms with E-state index in [0.717, 1.165) is 25.7 Å². The summed E-state index contributed by atoms with van der Waals surface area (Å²) in [6.07, 6.45) is 8.22. The van der Waals surface area contributed by atoms with E-state index in [1.54, 1.807) is 6.92 Å². The highest BCUT2D eigenvalue weighted by molar-refractivity contribution is 7.89. The number of aliphatic carboxylic acids is 1. The zero-order chi connectivity index (χ0) is 19.2. The van der Waals surface area contributed by atoms with E-state index in [2.05, 4.69) is 0 Å². The number of hydrogen-bond acceptors (Lipinski definition) is 4. The quantitative estimate of drug-likeness (QED) is 0.674. The Morgan fingerprint density at radius 2 is 1.62 bits per heavy atom. The molecular weight excluding hydrogens is 356 g/mol. The van der Waals surface area contributed by atoms with Crippen LogP contribution in [0, 0.1) is 5.92 Å². The first kappa shape index (κ1) is 21.2. The van der Waals surface area contributed by atoms with E-state index in [-0.39, 0.29) is 24.2 Å². The Balaban J connectivity index is 1.98. The Bertz CT molecular complexity index is 576. The van der Waals surface area contributed by atoms with E-state index in [4.69, 9.17) is 0 Å². The summed E-state index contributed by atoms with van der Waals surface area (Å²) >= 11 is 0. The summed E-state index contributed by atoms with van der Waals surface area (Å²) in [5, 5.41) is 9.23.